The van der Waals surface area contributed by atoms with E-state index in [1.165, 1.54) is 6.08 Å². The number of amides is 1. The van der Waals surface area contributed by atoms with Gasteiger partial charge < -0.3 is 19.5 Å². The molecule has 1 aromatic heterocycles. The first-order chi connectivity index (χ1) is 13.8. The number of ether oxygens (including phenoxy) is 1. The molecule has 1 aromatic carbocycles. The van der Waals surface area contributed by atoms with E-state index in [4.69, 9.17) is 4.74 Å². The predicted octanol–water partition coefficient (Wildman–Crippen LogP) is 3.91. The van der Waals surface area contributed by atoms with E-state index in [0.29, 0.717) is 25.4 Å². The van der Waals surface area contributed by atoms with Crippen LogP contribution in [0.1, 0.15) is 46.1 Å². The van der Waals surface area contributed by atoms with E-state index in [9.17, 15) is 9.59 Å². The second kappa shape index (κ2) is 9.63. The number of aromatic nitrogens is 1. The van der Waals surface area contributed by atoms with Gasteiger partial charge in [0.25, 0.3) is 5.56 Å². The highest BCUT2D eigenvalue weighted by Crippen LogP contribution is 2.34. The molecule has 1 fully saturated rings. The molecule has 6 heteroatoms. The molecule has 1 aliphatic rings. The van der Waals surface area contributed by atoms with Crippen molar-refractivity contribution in [2.75, 3.05) is 31.6 Å². The number of hydrogen-bond acceptors (Lipinski definition) is 4. The number of aromatic amines is 1. The van der Waals surface area contributed by atoms with Gasteiger partial charge >= 0.3 is 0 Å². The van der Waals surface area contributed by atoms with Gasteiger partial charge in [-0.2, -0.15) is 0 Å². The van der Waals surface area contributed by atoms with Gasteiger partial charge in [0.05, 0.1) is 18.3 Å². The number of nitrogens with zero attached hydrogens (tertiary/aromatic N) is 2. The van der Waals surface area contributed by atoms with Crippen molar-refractivity contribution in [3.05, 3.63) is 46.8 Å². The minimum absolute atomic E-state index is 0.0354. The zero-order valence-electron chi connectivity index (χ0n) is 18.4. The molecule has 2 heterocycles. The van der Waals surface area contributed by atoms with Crippen LogP contribution in [-0.2, 0) is 4.79 Å². The van der Waals surface area contributed by atoms with Crippen LogP contribution < -0.4 is 15.2 Å². The molecule has 0 radical (unpaired) electrons. The first-order valence-corrected chi connectivity index (χ1v) is 10.3. The number of fused-ring (bicyclic) bond motifs is 1. The van der Waals surface area contributed by atoms with E-state index in [0.717, 1.165) is 22.2 Å². The molecule has 1 saturated heterocycles. The van der Waals surface area contributed by atoms with Crippen LogP contribution in [0.2, 0.25) is 0 Å². The van der Waals surface area contributed by atoms with E-state index in [1.54, 1.807) is 7.11 Å². The Balaban J connectivity index is 0.00000145. The maximum atomic E-state index is 12.3. The lowest BCUT2D eigenvalue weighted by atomic mass is 10.0. The van der Waals surface area contributed by atoms with Crippen molar-refractivity contribution >= 4 is 22.5 Å². The van der Waals surface area contributed by atoms with Crippen LogP contribution in [0, 0.1) is 0 Å². The van der Waals surface area contributed by atoms with E-state index in [2.05, 4.69) is 22.5 Å². The Morgan fingerprint density at radius 2 is 1.97 bits per heavy atom. The molecule has 158 valence electrons. The summed E-state index contributed by atoms with van der Waals surface area (Å²) in [5.74, 6) is 0.829. The smallest absolute Gasteiger partial charge is 0.251 e. The maximum Gasteiger partial charge on any atom is 0.251 e. The number of carbonyl (C=O) groups excluding carboxylic acids is 1. The first kappa shape index (κ1) is 22.5. The van der Waals surface area contributed by atoms with Crippen molar-refractivity contribution in [2.24, 2.45) is 0 Å². The number of methoxy groups -OCH3 is 1. The zero-order chi connectivity index (χ0) is 21.7. The number of piperazine rings is 1. The Morgan fingerprint density at radius 1 is 1.28 bits per heavy atom. The fourth-order valence-electron chi connectivity index (χ4n) is 3.70. The molecule has 0 saturated carbocycles. The van der Waals surface area contributed by atoms with Gasteiger partial charge in [-0.15, -0.1) is 0 Å². The highest BCUT2D eigenvalue weighted by molar-refractivity contribution is 5.88. The lowest BCUT2D eigenvalue weighted by molar-refractivity contribution is -0.128. The summed E-state index contributed by atoms with van der Waals surface area (Å²) < 4.78 is 5.59. The van der Waals surface area contributed by atoms with Gasteiger partial charge in [0.1, 0.15) is 5.75 Å². The van der Waals surface area contributed by atoms with E-state index < -0.39 is 0 Å². The highest BCUT2D eigenvalue weighted by Gasteiger charge is 2.27. The summed E-state index contributed by atoms with van der Waals surface area (Å²) in [5.41, 5.74) is 2.45. The summed E-state index contributed by atoms with van der Waals surface area (Å²) in [6.07, 6.45) is 1.37. The number of H-pyrrole nitrogens is 1. The number of rotatable bonds is 4. The first-order valence-electron chi connectivity index (χ1n) is 10.3. The fraction of sp³-hybridized carbons (Fsp3) is 0.478. The molecule has 1 atom stereocenters. The van der Waals surface area contributed by atoms with Crippen LogP contribution in [0.15, 0.2) is 35.6 Å². The van der Waals surface area contributed by atoms with Crippen molar-refractivity contribution in [3.63, 3.8) is 0 Å². The number of pyridine rings is 1. The molecular weight excluding hydrogens is 366 g/mol. The summed E-state index contributed by atoms with van der Waals surface area (Å²) in [7, 11) is 1.63. The van der Waals surface area contributed by atoms with Crippen LogP contribution in [-0.4, -0.2) is 48.6 Å². The molecule has 1 N–H and O–H groups in total. The van der Waals surface area contributed by atoms with Gasteiger partial charge in [0.2, 0.25) is 5.91 Å². The summed E-state index contributed by atoms with van der Waals surface area (Å²) in [6.45, 7) is 15.7. The number of hydrogen-bond donors (Lipinski definition) is 1. The molecule has 29 heavy (non-hydrogen) atoms. The average molecular weight is 400 g/mol. The second-order valence-electron chi connectivity index (χ2n) is 7.35. The van der Waals surface area contributed by atoms with Crippen molar-refractivity contribution in [2.45, 2.75) is 46.6 Å². The summed E-state index contributed by atoms with van der Waals surface area (Å²) in [5, 5.41) is 0.978. The summed E-state index contributed by atoms with van der Waals surface area (Å²) >= 11 is 0. The van der Waals surface area contributed by atoms with Crippen LogP contribution in [0.25, 0.3) is 10.9 Å². The summed E-state index contributed by atoms with van der Waals surface area (Å²) in [6, 6.07) is 5.98. The van der Waals surface area contributed by atoms with Crippen molar-refractivity contribution in [1.29, 1.82) is 0 Å². The standard InChI is InChI=1S/C21H27N3O3.C2H6/c1-6-20(25)24-8-7-23(12-14(24)4)18-10-15-9-16(13(2)3)21(26)22-17(15)11-19(18)27-5;1-2/h6,9-11,13-14H,1,7-8,12H2,2-5H3,(H,22,26);1-2H3. The van der Waals surface area contributed by atoms with Gasteiger partial charge in [-0.25, -0.2) is 0 Å². The number of nitrogens with one attached hydrogen (secondary N) is 1. The van der Waals surface area contributed by atoms with Crippen molar-refractivity contribution in [1.82, 2.24) is 9.88 Å². The van der Waals surface area contributed by atoms with Gasteiger partial charge in [-0.1, -0.05) is 34.3 Å². The lowest BCUT2D eigenvalue weighted by Gasteiger charge is -2.41. The van der Waals surface area contributed by atoms with Crippen LogP contribution in [0.5, 0.6) is 5.75 Å². The molecular formula is C23H33N3O3. The summed E-state index contributed by atoms with van der Waals surface area (Å²) in [4.78, 5) is 31.3. The third-order valence-electron chi connectivity index (χ3n) is 5.22. The SMILES string of the molecule is C=CC(=O)N1CCN(c2cc3cc(C(C)C)c(=O)[nH]c3cc2OC)CC1C.CC. The Labute approximate surface area is 173 Å². The van der Waals surface area contributed by atoms with Crippen LogP contribution >= 0.6 is 0 Å². The number of carbonyl (C=O) groups is 1. The third-order valence-corrected chi connectivity index (χ3v) is 5.22. The van der Waals surface area contributed by atoms with E-state index in [-0.39, 0.29) is 23.4 Å². The third kappa shape index (κ3) is 4.63. The Kier molecular flexibility index (Phi) is 7.48. The topological polar surface area (TPSA) is 65.6 Å². The molecule has 0 bridgehead atoms. The molecule has 6 nitrogen and oxygen atoms in total. The second-order valence-corrected chi connectivity index (χ2v) is 7.35. The minimum atomic E-state index is -0.0579. The van der Waals surface area contributed by atoms with Crippen molar-refractivity contribution < 1.29 is 9.53 Å². The van der Waals surface area contributed by atoms with Gasteiger partial charge in [-0.05, 0) is 31.1 Å². The quantitative estimate of drug-likeness (QED) is 0.792. The van der Waals surface area contributed by atoms with Crippen LogP contribution in [0.4, 0.5) is 5.69 Å². The molecule has 1 aliphatic heterocycles. The van der Waals surface area contributed by atoms with Gasteiger partial charge in [-0.3, -0.25) is 9.59 Å². The highest BCUT2D eigenvalue weighted by atomic mass is 16.5. The van der Waals surface area contributed by atoms with E-state index >= 15 is 0 Å². The predicted molar refractivity (Wildman–Crippen MR) is 120 cm³/mol. The van der Waals surface area contributed by atoms with Crippen LogP contribution in [0.3, 0.4) is 0 Å². The lowest BCUT2D eigenvalue weighted by Crippen LogP contribution is -2.53. The Bertz CT molecular complexity index is 933. The largest absolute Gasteiger partial charge is 0.495 e. The Hall–Kier alpha value is -2.76. The molecule has 3 rings (SSSR count). The maximum absolute atomic E-state index is 12.3. The van der Waals surface area contributed by atoms with E-state index in [1.807, 2.05) is 51.7 Å². The normalized spacial score (nSPS) is 16.4. The fourth-order valence-corrected chi connectivity index (χ4v) is 3.70. The number of anilines is 1. The van der Waals surface area contributed by atoms with Crippen molar-refractivity contribution in [3.8, 4) is 5.75 Å². The monoisotopic (exact) mass is 399 g/mol. The van der Waals surface area contributed by atoms with Gasteiger partial charge in [0.15, 0.2) is 0 Å². The zero-order valence-corrected chi connectivity index (χ0v) is 18.4. The molecule has 1 unspecified atom stereocenters. The Morgan fingerprint density at radius 3 is 2.52 bits per heavy atom. The average Bonchev–Trinajstić information content (AvgIpc) is 2.72. The molecule has 0 spiro atoms. The molecule has 2 aromatic rings. The minimum Gasteiger partial charge on any atom is -0.495 e. The molecule has 0 aliphatic carbocycles. The number of benzene rings is 1. The molecule has 1 amide bonds. The van der Waals surface area contributed by atoms with Gasteiger partial charge in [0, 0.05) is 42.7 Å².